The molecule has 3 aromatic carbocycles. The number of hydrogen-bond acceptors (Lipinski definition) is 5. The van der Waals surface area contributed by atoms with Crippen molar-refractivity contribution >= 4 is 35.0 Å². The average molecular weight is 548 g/mol. The summed E-state index contributed by atoms with van der Waals surface area (Å²) < 4.78 is 80.4. The molecule has 6 nitrogen and oxygen atoms in total. The zero-order valence-corrected chi connectivity index (χ0v) is 20.3. The first-order valence-corrected chi connectivity index (χ1v) is 11.1. The predicted octanol–water partition coefficient (Wildman–Crippen LogP) is 6.30. The topological polar surface area (TPSA) is 74.9 Å². The molecular formula is C26H15ClF5N3O3. The minimum Gasteiger partial charge on any atom is -0.493 e. The van der Waals surface area contributed by atoms with Crippen molar-refractivity contribution in [3.8, 4) is 17.6 Å². The second-order valence-electron chi connectivity index (χ2n) is 7.91. The molecule has 1 heterocycles. The fraction of sp³-hybridized carbons (Fsp3) is 0.115. The van der Waals surface area contributed by atoms with Crippen LogP contribution in [0.15, 0.2) is 47.1 Å². The van der Waals surface area contributed by atoms with Crippen molar-refractivity contribution in [2.75, 3.05) is 12.1 Å². The number of ether oxygens (including phenoxy) is 2. The summed E-state index contributed by atoms with van der Waals surface area (Å²) in [6.07, 6.45) is 1.27. The van der Waals surface area contributed by atoms with E-state index in [9.17, 15) is 26.7 Å². The summed E-state index contributed by atoms with van der Waals surface area (Å²) >= 11 is 6.38. The number of hydrazone groups is 1. The van der Waals surface area contributed by atoms with Crippen molar-refractivity contribution in [3.05, 3.63) is 92.8 Å². The number of halogens is 6. The van der Waals surface area contributed by atoms with Crippen LogP contribution in [-0.2, 0) is 11.4 Å². The second-order valence-corrected chi connectivity index (χ2v) is 8.32. The molecule has 0 saturated heterocycles. The predicted molar refractivity (Wildman–Crippen MR) is 128 cm³/mol. The fourth-order valence-electron chi connectivity index (χ4n) is 3.58. The summed E-state index contributed by atoms with van der Waals surface area (Å²) in [5.41, 5.74) is -0.176. The molecule has 0 N–H and O–H groups in total. The van der Waals surface area contributed by atoms with Crippen LogP contribution in [0, 0.1) is 40.4 Å². The Kier molecular flexibility index (Phi) is 7.37. The van der Waals surface area contributed by atoms with Crippen LogP contribution in [0.3, 0.4) is 0 Å². The highest BCUT2D eigenvalue weighted by Crippen LogP contribution is 2.39. The van der Waals surface area contributed by atoms with Crippen molar-refractivity contribution in [1.82, 2.24) is 0 Å². The third-order valence-corrected chi connectivity index (χ3v) is 5.77. The number of nitriles is 1. The molecule has 0 fully saturated rings. The molecule has 0 unspecified atom stereocenters. The monoisotopic (exact) mass is 547 g/mol. The van der Waals surface area contributed by atoms with Gasteiger partial charge in [0.25, 0.3) is 5.91 Å². The molecule has 0 saturated carbocycles. The average Bonchev–Trinajstić information content (AvgIpc) is 3.18. The summed E-state index contributed by atoms with van der Waals surface area (Å²) in [6, 6.07) is 11.6. The maximum absolute atomic E-state index is 14.3. The van der Waals surface area contributed by atoms with Crippen molar-refractivity contribution in [2.24, 2.45) is 5.10 Å². The number of anilines is 1. The first kappa shape index (κ1) is 26.6. The van der Waals surface area contributed by atoms with E-state index in [2.05, 4.69) is 5.10 Å². The molecule has 0 aromatic heterocycles. The van der Waals surface area contributed by atoms with Crippen molar-refractivity contribution in [2.45, 2.75) is 13.5 Å². The SMILES string of the molecule is COc1cc(/C=C2\C(=O)N(c3c(F)c(F)c(F)c(F)c3F)N=C2C)cc(Cl)c1OCc1ccc(C#N)cc1. The van der Waals surface area contributed by atoms with Crippen LogP contribution in [0.5, 0.6) is 11.5 Å². The molecule has 194 valence electrons. The summed E-state index contributed by atoms with van der Waals surface area (Å²) in [6.45, 7) is 1.42. The summed E-state index contributed by atoms with van der Waals surface area (Å²) in [5, 5.41) is 12.8. The number of amides is 1. The number of benzene rings is 3. The molecular weight excluding hydrogens is 533 g/mol. The highest BCUT2D eigenvalue weighted by Gasteiger charge is 2.37. The largest absolute Gasteiger partial charge is 0.493 e. The number of rotatable bonds is 6. The fourth-order valence-corrected chi connectivity index (χ4v) is 3.85. The van der Waals surface area contributed by atoms with E-state index in [1.165, 1.54) is 32.2 Å². The van der Waals surface area contributed by atoms with Gasteiger partial charge in [-0.05, 0) is 48.4 Å². The molecule has 4 rings (SSSR count). The first-order chi connectivity index (χ1) is 18.1. The van der Waals surface area contributed by atoms with Crippen LogP contribution in [0.1, 0.15) is 23.6 Å². The molecule has 0 radical (unpaired) electrons. The van der Waals surface area contributed by atoms with Crippen molar-refractivity contribution in [1.29, 1.82) is 5.26 Å². The molecule has 1 amide bonds. The molecule has 12 heteroatoms. The molecule has 0 spiro atoms. The van der Waals surface area contributed by atoms with Gasteiger partial charge in [-0.3, -0.25) is 4.79 Å². The second kappa shape index (κ2) is 10.5. The van der Waals surface area contributed by atoms with Crippen LogP contribution in [0.4, 0.5) is 27.6 Å². The van der Waals surface area contributed by atoms with E-state index >= 15 is 0 Å². The molecule has 1 aliphatic heterocycles. The van der Waals surface area contributed by atoms with Gasteiger partial charge < -0.3 is 9.47 Å². The number of carbonyl (C=O) groups is 1. The van der Waals surface area contributed by atoms with E-state index < -0.39 is 40.7 Å². The maximum atomic E-state index is 14.3. The maximum Gasteiger partial charge on any atom is 0.280 e. The third-order valence-electron chi connectivity index (χ3n) is 5.49. The normalized spacial score (nSPS) is 14.1. The van der Waals surface area contributed by atoms with Gasteiger partial charge in [-0.1, -0.05) is 23.7 Å². The summed E-state index contributed by atoms with van der Waals surface area (Å²) in [5.74, 6) is -11.9. The van der Waals surface area contributed by atoms with Crippen LogP contribution in [-0.4, -0.2) is 18.7 Å². The van der Waals surface area contributed by atoms with Gasteiger partial charge in [0, 0.05) is 0 Å². The van der Waals surface area contributed by atoms with Crippen molar-refractivity contribution in [3.63, 3.8) is 0 Å². The number of nitrogens with zero attached hydrogens (tertiary/aromatic N) is 3. The zero-order chi connectivity index (χ0) is 27.7. The Balaban J connectivity index is 1.64. The van der Waals surface area contributed by atoms with Gasteiger partial charge in [-0.2, -0.15) is 15.4 Å². The zero-order valence-electron chi connectivity index (χ0n) is 19.6. The number of carbonyl (C=O) groups excluding carboxylic acids is 1. The first-order valence-electron chi connectivity index (χ1n) is 10.7. The van der Waals surface area contributed by atoms with Crippen LogP contribution < -0.4 is 14.5 Å². The lowest BCUT2D eigenvalue weighted by Crippen LogP contribution is -2.25. The van der Waals surface area contributed by atoms with E-state index in [0.717, 1.165) is 5.56 Å². The van der Waals surface area contributed by atoms with Gasteiger partial charge in [0.05, 0.1) is 35.0 Å². The quantitative estimate of drug-likeness (QED) is 0.157. The Labute approximate surface area is 217 Å². The highest BCUT2D eigenvalue weighted by atomic mass is 35.5. The Bertz CT molecular complexity index is 1540. The lowest BCUT2D eigenvalue weighted by Gasteiger charge is -2.15. The van der Waals surface area contributed by atoms with E-state index in [1.54, 1.807) is 24.3 Å². The minimum atomic E-state index is -2.35. The van der Waals surface area contributed by atoms with Gasteiger partial charge in [0.2, 0.25) is 5.82 Å². The van der Waals surface area contributed by atoms with Crippen molar-refractivity contribution < 1.29 is 36.2 Å². The van der Waals surface area contributed by atoms with Gasteiger partial charge in [-0.15, -0.1) is 0 Å². The van der Waals surface area contributed by atoms with E-state index in [-0.39, 0.29) is 39.4 Å². The van der Waals surface area contributed by atoms with Gasteiger partial charge >= 0.3 is 0 Å². The molecule has 38 heavy (non-hydrogen) atoms. The number of methoxy groups -OCH3 is 1. The lowest BCUT2D eigenvalue weighted by atomic mass is 10.1. The third kappa shape index (κ3) is 4.78. The molecule has 1 aliphatic rings. The minimum absolute atomic E-state index is 0.0461. The molecule has 3 aromatic rings. The Morgan fingerprint density at radius 2 is 1.63 bits per heavy atom. The standard InChI is InChI=1S/C26H15ClF5N3O3/c1-12-16(26(36)35(34-12)24-22(31)20(29)19(28)21(30)23(24)32)7-15-8-17(27)25(18(9-15)37-2)38-11-14-5-3-13(10-33)4-6-14/h3-9H,11H2,1-2H3/b16-7-. The molecule has 0 aliphatic carbocycles. The Hall–Kier alpha value is -4.43. The number of hydrogen-bond donors (Lipinski definition) is 0. The summed E-state index contributed by atoms with van der Waals surface area (Å²) in [7, 11) is 1.36. The van der Waals surface area contributed by atoms with Gasteiger partial charge in [-0.25, -0.2) is 22.0 Å². The van der Waals surface area contributed by atoms with Crippen LogP contribution in [0.2, 0.25) is 5.02 Å². The van der Waals surface area contributed by atoms with E-state index in [4.69, 9.17) is 26.3 Å². The Morgan fingerprint density at radius 1 is 1.03 bits per heavy atom. The van der Waals surface area contributed by atoms with E-state index in [1.807, 2.05) is 6.07 Å². The van der Waals surface area contributed by atoms with Crippen LogP contribution in [0.25, 0.3) is 6.08 Å². The molecule has 0 atom stereocenters. The van der Waals surface area contributed by atoms with E-state index in [0.29, 0.717) is 11.1 Å². The smallest absolute Gasteiger partial charge is 0.280 e. The summed E-state index contributed by atoms with van der Waals surface area (Å²) in [4.78, 5) is 12.9. The van der Waals surface area contributed by atoms with Crippen LogP contribution >= 0.6 is 11.6 Å². The Morgan fingerprint density at radius 3 is 2.21 bits per heavy atom. The lowest BCUT2D eigenvalue weighted by molar-refractivity contribution is -0.114. The van der Waals surface area contributed by atoms with Gasteiger partial charge in [0.1, 0.15) is 12.3 Å². The van der Waals surface area contributed by atoms with Gasteiger partial charge in [0.15, 0.2) is 34.8 Å². The highest BCUT2D eigenvalue weighted by molar-refractivity contribution is 6.33. The molecule has 0 bridgehead atoms.